The number of aromatic nitrogens is 6. The van der Waals surface area contributed by atoms with Crippen LogP contribution in [0, 0.1) is 5.41 Å². The molecule has 3 aromatic rings. The van der Waals surface area contributed by atoms with Crippen molar-refractivity contribution in [2.24, 2.45) is 5.41 Å². The first-order valence-corrected chi connectivity index (χ1v) is 9.25. The third-order valence-corrected chi connectivity index (χ3v) is 5.90. The maximum atomic E-state index is 14.7. The number of nitrogens with zero attached hydrogens (tertiary/aromatic N) is 7. The zero-order valence-corrected chi connectivity index (χ0v) is 16.0. The molecule has 11 heteroatoms. The minimum absolute atomic E-state index is 0.160. The van der Waals surface area contributed by atoms with E-state index in [0.29, 0.717) is 35.4 Å². The molecule has 0 atom stereocenters. The molecule has 0 amide bonds. The molecule has 0 radical (unpaired) electrons. The molecular weight excluding hydrogens is 384 g/mol. The molecule has 3 aromatic heterocycles. The van der Waals surface area contributed by atoms with Crippen molar-refractivity contribution in [3.63, 3.8) is 0 Å². The second kappa shape index (κ2) is 6.19. The van der Waals surface area contributed by atoms with Gasteiger partial charge >= 0.3 is 6.01 Å². The number of ether oxygens (including phenoxy) is 2. The summed E-state index contributed by atoms with van der Waals surface area (Å²) in [6, 6.07) is 0.160. The number of halogens is 2. The summed E-state index contributed by atoms with van der Waals surface area (Å²) in [5.74, 6) is -2.01. The lowest BCUT2D eigenvalue weighted by molar-refractivity contribution is -0.122. The van der Waals surface area contributed by atoms with E-state index < -0.39 is 11.3 Å². The molecule has 1 saturated carbocycles. The Bertz CT molecular complexity index is 1080. The quantitative estimate of drug-likeness (QED) is 0.655. The Morgan fingerprint density at radius 1 is 1.07 bits per heavy atom. The highest BCUT2D eigenvalue weighted by atomic mass is 19.3. The van der Waals surface area contributed by atoms with Gasteiger partial charge in [0.2, 0.25) is 5.88 Å². The number of methoxy groups -OCH3 is 2. The molecule has 0 N–H and O–H groups in total. The second-order valence-corrected chi connectivity index (χ2v) is 7.45. The van der Waals surface area contributed by atoms with Crippen molar-refractivity contribution in [2.75, 3.05) is 32.2 Å². The largest absolute Gasteiger partial charge is 0.479 e. The number of alkyl halides is 2. The molecule has 0 bridgehead atoms. The molecule has 1 spiro atoms. The van der Waals surface area contributed by atoms with Crippen LogP contribution in [0.15, 0.2) is 18.7 Å². The molecule has 2 aliphatic rings. The number of fused-ring (bicyclic) bond motifs is 1. The van der Waals surface area contributed by atoms with Gasteiger partial charge in [-0.25, -0.2) is 28.4 Å². The second-order valence-electron chi connectivity index (χ2n) is 7.45. The molecule has 1 aliphatic heterocycles. The Morgan fingerprint density at radius 2 is 1.90 bits per heavy atom. The van der Waals surface area contributed by atoms with Crippen molar-refractivity contribution in [3.05, 3.63) is 18.7 Å². The fourth-order valence-electron chi connectivity index (χ4n) is 4.17. The van der Waals surface area contributed by atoms with Crippen LogP contribution in [0.25, 0.3) is 16.7 Å². The van der Waals surface area contributed by atoms with Crippen molar-refractivity contribution >= 4 is 16.9 Å². The van der Waals surface area contributed by atoms with Crippen LogP contribution in [0.4, 0.5) is 14.6 Å². The first kappa shape index (κ1) is 18.0. The van der Waals surface area contributed by atoms with Gasteiger partial charge in [-0.2, -0.15) is 4.98 Å². The third kappa shape index (κ3) is 2.60. The first-order chi connectivity index (χ1) is 14.0. The normalized spacial score (nSPS) is 19.5. The van der Waals surface area contributed by atoms with Gasteiger partial charge in [0, 0.05) is 12.7 Å². The van der Waals surface area contributed by atoms with Crippen LogP contribution in [-0.2, 0) is 0 Å². The zero-order valence-electron chi connectivity index (χ0n) is 16.0. The predicted molar refractivity (Wildman–Crippen MR) is 98.8 cm³/mol. The van der Waals surface area contributed by atoms with Crippen LogP contribution in [0.5, 0.6) is 11.9 Å². The Balaban J connectivity index is 1.56. The molecule has 1 aliphatic carbocycles. The number of anilines is 1. The van der Waals surface area contributed by atoms with Gasteiger partial charge in [0.1, 0.15) is 17.8 Å². The van der Waals surface area contributed by atoms with E-state index in [4.69, 9.17) is 9.47 Å². The van der Waals surface area contributed by atoms with Gasteiger partial charge < -0.3 is 14.4 Å². The fourth-order valence-corrected chi connectivity index (χ4v) is 4.17. The lowest BCUT2D eigenvalue weighted by atomic mass is 9.66. The van der Waals surface area contributed by atoms with E-state index in [1.807, 2.05) is 0 Å². The van der Waals surface area contributed by atoms with E-state index in [2.05, 4.69) is 25.0 Å². The molecule has 29 heavy (non-hydrogen) atoms. The highest BCUT2D eigenvalue weighted by molar-refractivity contribution is 5.87. The molecular formula is C18H19F2N7O2. The lowest BCUT2D eigenvalue weighted by Gasteiger charge is -2.41. The van der Waals surface area contributed by atoms with Gasteiger partial charge in [-0.15, -0.1) is 5.10 Å². The van der Waals surface area contributed by atoms with E-state index in [9.17, 15) is 8.78 Å². The maximum absolute atomic E-state index is 14.7. The highest BCUT2D eigenvalue weighted by Gasteiger charge is 2.63. The zero-order chi connectivity index (χ0) is 20.2. The number of rotatable bonds is 4. The van der Waals surface area contributed by atoms with E-state index >= 15 is 0 Å². The summed E-state index contributed by atoms with van der Waals surface area (Å²) in [5, 5.41) is 5.02. The average molecular weight is 403 g/mol. The van der Waals surface area contributed by atoms with Gasteiger partial charge in [0.15, 0.2) is 5.65 Å². The molecule has 0 unspecified atom stereocenters. The van der Waals surface area contributed by atoms with Crippen LogP contribution in [0.1, 0.15) is 19.3 Å². The molecule has 2 fully saturated rings. The minimum atomic E-state index is -2.73. The van der Waals surface area contributed by atoms with Crippen LogP contribution in [0.3, 0.4) is 0 Å². The van der Waals surface area contributed by atoms with Crippen molar-refractivity contribution < 1.29 is 18.3 Å². The van der Waals surface area contributed by atoms with E-state index in [-0.39, 0.29) is 25.0 Å². The Morgan fingerprint density at radius 3 is 2.55 bits per heavy atom. The van der Waals surface area contributed by atoms with Crippen LogP contribution >= 0.6 is 0 Å². The van der Waals surface area contributed by atoms with E-state index in [1.54, 1.807) is 11.1 Å². The monoisotopic (exact) mass is 403 g/mol. The van der Waals surface area contributed by atoms with E-state index in [0.717, 1.165) is 6.42 Å². The molecule has 9 nitrogen and oxygen atoms in total. The number of hydrogen-bond donors (Lipinski definition) is 0. The summed E-state index contributed by atoms with van der Waals surface area (Å²) in [5.41, 5.74) is -0.0713. The summed E-state index contributed by atoms with van der Waals surface area (Å²) in [6.07, 6.45) is 6.48. The van der Waals surface area contributed by atoms with Crippen LogP contribution in [0.2, 0.25) is 0 Å². The SMILES string of the molecule is COc1ncc(-n2cc3c(N4CC(F)(F)C5(CCC5)C4)ncnc3n2)c(OC)n1. The van der Waals surface area contributed by atoms with Crippen molar-refractivity contribution in [1.29, 1.82) is 0 Å². The molecule has 4 heterocycles. The van der Waals surface area contributed by atoms with Gasteiger partial charge in [-0.1, -0.05) is 6.42 Å². The standard InChI is InChI=1S/C18H19F2N7O2/c1-28-15-12(6-21-16(24-15)29-2)27-7-11-13(25-27)22-10-23-14(11)26-8-17(4-3-5-17)18(19,20)9-26/h6-7,10H,3-5,8-9H2,1-2H3. The average Bonchev–Trinajstić information content (AvgIpc) is 3.24. The third-order valence-electron chi connectivity index (χ3n) is 5.90. The topological polar surface area (TPSA) is 91.1 Å². The predicted octanol–water partition coefficient (Wildman–Crippen LogP) is 2.25. The van der Waals surface area contributed by atoms with Crippen molar-refractivity contribution in [2.45, 2.75) is 25.2 Å². The van der Waals surface area contributed by atoms with Crippen LogP contribution in [-0.4, -0.2) is 62.9 Å². The molecule has 0 aromatic carbocycles. The smallest absolute Gasteiger partial charge is 0.319 e. The van der Waals surface area contributed by atoms with E-state index in [1.165, 1.54) is 31.4 Å². The summed E-state index contributed by atoms with van der Waals surface area (Å²) in [6.45, 7) is -0.0640. The highest BCUT2D eigenvalue weighted by Crippen LogP contribution is 2.57. The lowest BCUT2D eigenvalue weighted by Crippen LogP contribution is -2.45. The Kier molecular flexibility index (Phi) is 3.83. The van der Waals surface area contributed by atoms with Crippen molar-refractivity contribution in [1.82, 2.24) is 29.7 Å². The molecule has 1 saturated heterocycles. The minimum Gasteiger partial charge on any atom is -0.479 e. The Labute approximate surface area is 164 Å². The summed E-state index contributed by atoms with van der Waals surface area (Å²) >= 11 is 0. The van der Waals surface area contributed by atoms with Gasteiger partial charge in [-0.05, 0) is 12.8 Å². The molecule has 152 valence electrons. The Hall–Kier alpha value is -3.11. The summed E-state index contributed by atoms with van der Waals surface area (Å²) < 4.78 is 41.2. The summed E-state index contributed by atoms with van der Waals surface area (Å²) in [4.78, 5) is 18.4. The van der Waals surface area contributed by atoms with Crippen molar-refractivity contribution in [3.8, 4) is 17.6 Å². The number of hydrogen-bond acceptors (Lipinski definition) is 8. The van der Waals surface area contributed by atoms with Gasteiger partial charge in [0.05, 0.1) is 37.8 Å². The summed E-state index contributed by atoms with van der Waals surface area (Å²) in [7, 11) is 2.93. The van der Waals surface area contributed by atoms with Crippen LogP contribution < -0.4 is 14.4 Å². The fraction of sp³-hybridized carbons (Fsp3) is 0.500. The molecule has 5 rings (SSSR count). The van der Waals surface area contributed by atoms with Gasteiger partial charge in [-0.3, -0.25) is 0 Å². The maximum Gasteiger partial charge on any atom is 0.319 e. The first-order valence-electron chi connectivity index (χ1n) is 9.25. The van der Waals surface area contributed by atoms with Gasteiger partial charge in [0.25, 0.3) is 5.92 Å².